The van der Waals surface area contributed by atoms with E-state index < -0.39 is 22.7 Å². The number of amides is 2. The van der Waals surface area contributed by atoms with Crippen LogP contribution in [0.3, 0.4) is 0 Å². The van der Waals surface area contributed by atoms with Gasteiger partial charge in [-0.25, -0.2) is 4.79 Å². The number of nitro groups is 1. The van der Waals surface area contributed by atoms with Crippen molar-refractivity contribution in [3.05, 3.63) is 58.3 Å². The van der Waals surface area contributed by atoms with Crippen LogP contribution >= 0.6 is 0 Å². The Morgan fingerprint density at radius 2 is 1.79 bits per heavy atom. The summed E-state index contributed by atoms with van der Waals surface area (Å²) in [5.74, 6) is -1.24. The Labute approximate surface area is 185 Å². The number of carboxylic acid groups (broad SMARTS) is 1. The van der Waals surface area contributed by atoms with Crippen LogP contribution in [0.2, 0.25) is 0 Å². The average Bonchev–Trinajstić information content (AvgIpc) is 3.23. The maximum absolute atomic E-state index is 12.2. The summed E-state index contributed by atoms with van der Waals surface area (Å²) in [6.45, 7) is 0.338. The Morgan fingerprint density at radius 3 is 2.45 bits per heavy atom. The van der Waals surface area contributed by atoms with Crippen molar-refractivity contribution in [2.45, 2.75) is 6.42 Å². The molecule has 0 spiro atoms. The van der Waals surface area contributed by atoms with Gasteiger partial charge in [-0.05, 0) is 18.6 Å². The molecule has 0 saturated heterocycles. The van der Waals surface area contributed by atoms with Gasteiger partial charge in [-0.2, -0.15) is 0 Å². The number of nitro benzene ring substituents is 1. The van der Waals surface area contributed by atoms with Gasteiger partial charge in [0.15, 0.2) is 11.5 Å². The largest absolute Gasteiger partial charge is 0.508 e. The van der Waals surface area contributed by atoms with Crippen molar-refractivity contribution in [1.82, 2.24) is 15.8 Å². The standard InChI is InChI=1S/C20H18N4O9/c25-12-8-15(26)18(16(9-12)32-13-4-2-11(3-5-13)24(30)31)17-10-14(23-33-17)19(27)21-6-1-7-22-20(28)29/h2-5,8-10,22,25-26H,1,6-7H2,(H,21,27)(H,28,29). The van der Waals surface area contributed by atoms with Crippen LogP contribution in [0.15, 0.2) is 47.0 Å². The van der Waals surface area contributed by atoms with E-state index in [4.69, 9.17) is 14.4 Å². The molecule has 0 aliphatic heterocycles. The Balaban J connectivity index is 1.78. The van der Waals surface area contributed by atoms with E-state index in [0.29, 0.717) is 6.42 Å². The van der Waals surface area contributed by atoms with Gasteiger partial charge in [0.25, 0.3) is 11.6 Å². The number of hydrogen-bond donors (Lipinski definition) is 5. The molecule has 0 saturated carbocycles. The van der Waals surface area contributed by atoms with Crippen LogP contribution in [0, 0.1) is 10.1 Å². The van der Waals surface area contributed by atoms with E-state index in [-0.39, 0.29) is 53.0 Å². The molecular weight excluding hydrogens is 440 g/mol. The molecule has 2 amide bonds. The molecule has 0 aliphatic rings. The van der Waals surface area contributed by atoms with Gasteiger partial charge in [-0.3, -0.25) is 14.9 Å². The molecule has 1 aromatic heterocycles. The van der Waals surface area contributed by atoms with Gasteiger partial charge in [-0.15, -0.1) is 0 Å². The molecule has 0 bridgehead atoms. The van der Waals surface area contributed by atoms with E-state index in [0.717, 1.165) is 6.07 Å². The molecule has 3 aromatic rings. The summed E-state index contributed by atoms with van der Waals surface area (Å²) in [7, 11) is 0. The van der Waals surface area contributed by atoms with Crippen LogP contribution in [-0.2, 0) is 0 Å². The van der Waals surface area contributed by atoms with Crippen molar-refractivity contribution < 1.29 is 39.1 Å². The summed E-state index contributed by atoms with van der Waals surface area (Å²) in [5.41, 5.74) is -0.265. The highest BCUT2D eigenvalue weighted by molar-refractivity contribution is 5.93. The lowest BCUT2D eigenvalue weighted by atomic mass is 10.1. The van der Waals surface area contributed by atoms with Crippen molar-refractivity contribution in [2.75, 3.05) is 13.1 Å². The Bertz CT molecular complexity index is 1170. The number of rotatable bonds is 9. The predicted octanol–water partition coefficient (Wildman–Crippen LogP) is 2.84. The molecule has 13 heteroatoms. The number of nitrogens with zero attached hydrogens (tertiary/aromatic N) is 2. The van der Waals surface area contributed by atoms with Crippen LogP contribution in [-0.4, -0.2) is 50.5 Å². The number of hydrogen-bond acceptors (Lipinski definition) is 9. The van der Waals surface area contributed by atoms with Crippen molar-refractivity contribution >= 4 is 17.7 Å². The van der Waals surface area contributed by atoms with E-state index in [1.807, 2.05) is 0 Å². The number of benzene rings is 2. The lowest BCUT2D eigenvalue weighted by molar-refractivity contribution is -0.384. The number of ether oxygens (including phenoxy) is 1. The van der Waals surface area contributed by atoms with Crippen LogP contribution in [0.5, 0.6) is 23.0 Å². The van der Waals surface area contributed by atoms with Gasteiger partial charge < -0.3 is 35.2 Å². The summed E-state index contributed by atoms with van der Waals surface area (Å²) < 4.78 is 10.8. The molecular formula is C20H18N4O9. The highest BCUT2D eigenvalue weighted by Crippen LogP contribution is 2.43. The number of non-ortho nitro benzene ring substituents is 1. The lowest BCUT2D eigenvalue weighted by Crippen LogP contribution is -2.29. The fourth-order valence-electron chi connectivity index (χ4n) is 2.75. The third-order valence-corrected chi connectivity index (χ3v) is 4.25. The van der Waals surface area contributed by atoms with Gasteiger partial charge in [0.1, 0.15) is 28.6 Å². The molecule has 172 valence electrons. The zero-order valence-corrected chi connectivity index (χ0v) is 16.8. The average molecular weight is 458 g/mol. The van der Waals surface area contributed by atoms with Crippen molar-refractivity contribution in [1.29, 1.82) is 0 Å². The SMILES string of the molecule is O=C(O)NCCCNC(=O)c1cc(-c2c(O)cc(O)cc2Oc2ccc([N+](=O)[O-])cc2)on1. The highest BCUT2D eigenvalue weighted by Gasteiger charge is 2.21. The lowest BCUT2D eigenvalue weighted by Gasteiger charge is -2.11. The summed E-state index contributed by atoms with van der Waals surface area (Å²) in [5, 5.41) is 47.9. The first kappa shape index (κ1) is 22.9. The second kappa shape index (κ2) is 10.00. The Hall–Kier alpha value is -4.81. The van der Waals surface area contributed by atoms with Crippen molar-refractivity contribution in [3.63, 3.8) is 0 Å². The van der Waals surface area contributed by atoms with Gasteiger partial charge >= 0.3 is 6.09 Å². The second-order valence-corrected chi connectivity index (χ2v) is 6.61. The van der Waals surface area contributed by atoms with Crippen molar-refractivity contribution in [2.24, 2.45) is 0 Å². The third kappa shape index (κ3) is 5.88. The minimum atomic E-state index is -1.16. The molecule has 13 nitrogen and oxygen atoms in total. The quantitative estimate of drug-likeness (QED) is 0.180. The zero-order valence-electron chi connectivity index (χ0n) is 16.8. The minimum Gasteiger partial charge on any atom is -0.508 e. The molecule has 0 aliphatic carbocycles. The number of phenolic OH excluding ortho intramolecular Hbond substituents is 2. The van der Waals surface area contributed by atoms with Gasteiger partial charge in [-0.1, -0.05) is 5.16 Å². The van der Waals surface area contributed by atoms with E-state index in [1.54, 1.807) is 0 Å². The predicted molar refractivity (Wildman–Crippen MR) is 111 cm³/mol. The number of carbonyl (C=O) groups is 2. The minimum absolute atomic E-state index is 0.0108. The maximum Gasteiger partial charge on any atom is 0.404 e. The van der Waals surface area contributed by atoms with Crippen LogP contribution in [0.4, 0.5) is 10.5 Å². The molecule has 0 radical (unpaired) electrons. The highest BCUT2D eigenvalue weighted by atomic mass is 16.6. The van der Waals surface area contributed by atoms with Gasteiger partial charge in [0, 0.05) is 43.4 Å². The molecule has 1 heterocycles. The van der Waals surface area contributed by atoms with Gasteiger partial charge in [0.2, 0.25) is 0 Å². The first-order chi connectivity index (χ1) is 15.7. The molecule has 5 N–H and O–H groups in total. The van der Waals surface area contributed by atoms with E-state index in [1.165, 1.54) is 36.4 Å². The third-order valence-electron chi connectivity index (χ3n) is 4.25. The number of carbonyl (C=O) groups excluding carboxylic acids is 1. The smallest absolute Gasteiger partial charge is 0.404 e. The number of aromatic hydroxyl groups is 2. The van der Waals surface area contributed by atoms with Gasteiger partial charge in [0.05, 0.1) is 4.92 Å². The first-order valence-corrected chi connectivity index (χ1v) is 9.45. The summed E-state index contributed by atoms with van der Waals surface area (Å²) in [6, 6.07) is 8.59. The summed E-state index contributed by atoms with van der Waals surface area (Å²) in [4.78, 5) is 32.9. The Morgan fingerprint density at radius 1 is 1.09 bits per heavy atom. The molecule has 0 atom stereocenters. The Kier molecular flexibility index (Phi) is 6.93. The fourth-order valence-corrected chi connectivity index (χ4v) is 2.75. The fraction of sp³-hybridized carbons (Fsp3) is 0.150. The normalized spacial score (nSPS) is 10.4. The van der Waals surface area contributed by atoms with E-state index >= 15 is 0 Å². The van der Waals surface area contributed by atoms with Crippen LogP contribution in [0.1, 0.15) is 16.9 Å². The topological polar surface area (TPSA) is 197 Å². The van der Waals surface area contributed by atoms with E-state index in [9.17, 15) is 29.9 Å². The molecule has 33 heavy (non-hydrogen) atoms. The zero-order chi connectivity index (χ0) is 24.0. The maximum atomic E-state index is 12.2. The van der Waals surface area contributed by atoms with Crippen molar-refractivity contribution in [3.8, 4) is 34.3 Å². The van der Waals surface area contributed by atoms with Crippen LogP contribution in [0.25, 0.3) is 11.3 Å². The molecule has 0 unspecified atom stereocenters. The molecule has 2 aromatic carbocycles. The molecule has 3 rings (SSSR count). The second-order valence-electron chi connectivity index (χ2n) is 6.61. The number of aromatic nitrogens is 1. The summed E-state index contributed by atoms with van der Waals surface area (Å²) in [6.07, 6.45) is -0.808. The van der Waals surface area contributed by atoms with E-state index in [2.05, 4.69) is 15.8 Å². The number of phenols is 2. The number of nitrogens with one attached hydrogen (secondary N) is 2. The molecule has 0 fully saturated rings. The van der Waals surface area contributed by atoms with Crippen LogP contribution < -0.4 is 15.4 Å². The summed E-state index contributed by atoms with van der Waals surface area (Å²) >= 11 is 0. The monoisotopic (exact) mass is 458 g/mol. The first-order valence-electron chi connectivity index (χ1n) is 9.45.